The average Bonchev–Trinajstić information content (AvgIpc) is 2.30. The quantitative estimate of drug-likeness (QED) is 0.456. The summed E-state index contributed by atoms with van der Waals surface area (Å²) in [7, 11) is 0. The fourth-order valence-electron chi connectivity index (χ4n) is 1.30. The lowest BCUT2D eigenvalue weighted by Crippen LogP contribution is -1.89. The normalized spacial score (nSPS) is 10.1. The summed E-state index contributed by atoms with van der Waals surface area (Å²) in [6, 6.07) is 6.17. The molecule has 0 aliphatic rings. The highest BCUT2D eigenvalue weighted by atomic mass is 35.5. The zero-order chi connectivity index (χ0) is 11.5. The Kier molecular flexibility index (Phi) is 2.78. The van der Waals surface area contributed by atoms with Crippen molar-refractivity contribution < 1.29 is 4.92 Å². The summed E-state index contributed by atoms with van der Waals surface area (Å²) in [6.07, 6.45) is 2.84. The first-order chi connectivity index (χ1) is 7.68. The van der Waals surface area contributed by atoms with Crippen LogP contribution in [0, 0.1) is 10.1 Å². The molecule has 1 aromatic heterocycles. The second-order valence-corrected chi connectivity index (χ2v) is 3.39. The number of hydrogen-bond acceptors (Lipinski definition) is 4. The molecule has 0 aliphatic heterocycles. The number of halogens is 1. The summed E-state index contributed by atoms with van der Waals surface area (Å²) >= 11 is 5.87. The molecule has 16 heavy (non-hydrogen) atoms. The van der Waals surface area contributed by atoms with Crippen molar-refractivity contribution in [2.75, 3.05) is 0 Å². The Bertz CT molecular complexity index is 545. The first-order valence-corrected chi connectivity index (χ1v) is 4.76. The van der Waals surface area contributed by atoms with E-state index in [-0.39, 0.29) is 10.8 Å². The van der Waals surface area contributed by atoms with Gasteiger partial charge in [-0.3, -0.25) is 10.1 Å². The highest BCUT2D eigenvalue weighted by Crippen LogP contribution is 2.27. The van der Waals surface area contributed by atoms with Crippen LogP contribution in [0.5, 0.6) is 0 Å². The second kappa shape index (κ2) is 4.24. The van der Waals surface area contributed by atoms with Gasteiger partial charge in [0.2, 0.25) is 0 Å². The van der Waals surface area contributed by atoms with E-state index in [1.165, 1.54) is 24.7 Å². The van der Waals surface area contributed by atoms with Gasteiger partial charge in [0.1, 0.15) is 11.5 Å². The Morgan fingerprint density at radius 1 is 1.38 bits per heavy atom. The Hall–Kier alpha value is -2.01. The van der Waals surface area contributed by atoms with Crippen LogP contribution in [0.1, 0.15) is 0 Å². The van der Waals surface area contributed by atoms with Crippen LogP contribution < -0.4 is 0 Å². The molecule has 0 radical (unpaired) electrons. The van der Waals surface area contributed by atoms with Gasteiger partial charge in [0.15, 0.2) is 0 Å². The van der Waals surface area contributed by atoms with Crippen LogP contribution in [0.25, 0.3) is 11.1 Å². The molecule has 1 aromatic carbocycles. The van der Waals surface area contributed by atoms with E-state index in [0.29, 0.717) is 11.1 Å². The third-order valence-corrected chi connectivity index (χ3v) is 2.33. The third kappa shape index (κ3) is 1.99. The SMILES string of the molecule is O=[N+]([O-])c1cccc(-c2cncnc2Cl)c1. The molecule has 0 saturated heterocycles. The monoisotopic (exact) mass is 235 g/mol. The van der Waals surface area contributed by atoms with Crippen LogP contribution in [0.2, 0.25) is 5.15 Å². The smallest absolute Gasteiger partial charge is 0.258 e. The number of benzene rings is 1. The summed E-state index contributed by atoms with van der Waals surface area (Å²) in [4.78, 5) is 17.8. The third-order valence-electron chi connectivity index (χ3n) is 2.03. The van der Waals surface area contributed by atoms with Gasteiger partial charge in [-0.05, 0) is 5.56 Å². The van der Waals surface area contributed by atoms with Crippen molar-refractivity contribution in [3.8, 4) is 11.1 Å². The molecule has 0 atom stereocenters. The largest absolute Gasteiger partial charge is 0.270 e. The number of aromatic nitrogens is 2. The fraction of sp³-hybridized carbons (Fsp3) is 0. The molecule has 2 rings (SSSR count). The van der Waals surface area contributed by atoms with Crippen molar-refractivity contribution in [2.24, 2.45) is 0 Å². The number of hydrogen-bond donors (Lipinski definition) is 0. The van der Waals surface area contributed by atoms with Crippen molar-refractivity contribution in [3.63, 3.8) is 0 Å². The van der Waals surface area contributed by atoms with E-state index < -0.39 is 4.92 Å². The van der Waals surface area contributed by atoms with Gasteiger partial charge in [0.05, 0.1) is 4.92 Å². The minimum Gasteiger partial charge on any atom is -0.258 e. The van der Waals surface area contributed by atoms with Gasteiger partial charge in [-0.25, -0.2) is 9.97 Å². The summed E-state index contributed by atoms with van der Waals surface area (Å²) in [5.74, 6) is 0. The molecule has 0 amide bonds. The molecule has 0 aliphatic carbocycles. The molecule has 5 nitrogen and oxygen atoms in total. The highest BCUT2D eigenvalue weighted by Gasteiger charge is 2.09. The van der Waals surface area contributed by atoms with Gasteiger partial charge in [0, 0.05) is 23.9 Å². The summed E-state index contributed by atoms with van der Waals surface area (Å²) < 4.78 is 0. The maximum atomic E-state index is 10.6. The fourth-order valence-corrected chi connectivity index (χ4v) is 1.50. The zero-order valence-electron chi connectivity index (χ0n) is 8.00. The Balaban J connectivity index is 2.53. The average molecular weight is 236 g/mol. The molecule has 80 valence electrons. The van der Waals surface area contributed by atoms with E-state index in [2.05, 4.69) is 9.97 Å². The topological polar surface area (TPSA) is 68.9 Å². The van der Waals surface area contributed by atoms with Gasteiger partial charge >= 0.3 is 0 Å². The second-order valence-electron chi connectivity index (χ2n) is 3.03. The van der Waals surface area contributed by atoms with Gasteiger partial charge < -0.3 is 0 Å². The number of nitro groups is 1. The summed E-state index contributed by atoms with van der Waals surface area (Å²) in [5, 5.41) is 10.9. The number of non-ortho nitro benzene ring substituents is 1. The van der Waals surface area contributed by atoms with E-state index in [9.17, 15) is 10.1 Å². The van der Waals surface area contributed by atoms with Crippen molar-refractivity contribution in [2.45, 2.75) is 0 Å². The lowest BCUT2D eigenvalue weighted by Gasteiger charge is -2.01. The predicted octanol–water partition coefficient (Wildman–Crippen LogP) is 2.71. The number of rotatable bonds is 2. The van der Waals surface area contributed by atoms with Gasteiger partial charge in [-0.15, -0.1) is 0 Å². The zero-order valence-corrected chi connectivity index (χ0v) is 8.76. The van der Waals surface area contributed by atoms with Gasteiger partial charge in [0.25, 0.3) is 5.69 Å². The van der Waals surface area contributed by atoms with Crippen molar-refractivity contribution in [1.82, 2.24) is 9.97 Å². The van der Waals surface area contributed by atoms with Crippen molar-refractivity contribution in [1.29, 1.82) is 0 Å². The predicted molar refractivity (Wildman–Crippen MR) is 59.1 cm³/mol. The molecule has 0 unspecified atom stereocenters. The minimum absolute atomic E-state index is 0.0115. The Labute approximate surface area is 95.9 Å². The van der Waals surface area contributed by atoms with Gasteiger partial charge in [-0.1, -0.05) is 23.7 Å². The van der Waals surface area contributed by atoms with E-state index in [1.54, 1.807) is 12.1 Å². The molecule has 0 saturated carbocycles. The molecular formula is C10H6ClN3O2. The Morgan fingerprint density at radius 2 is 2.19 bits per heavy atom. The van der Waals surface area contributed by atoms with E-state index in [0.717, 1.165) is 0 Å². The van der Waals surface area contributed by atoms with Gasteiger partial charge in [-0.2, -0.15) is 0 Å². The van der Waals surface area contributed by atoms with E-state index in [4.69, 9.17) is 11.6 Å². The minimum atomic E-state index is -0.457. The molecule has 0 fully saturated rings. The Morgan fingerprint density at radius 3 is 2.88 bits per heavy atom. The van der Waals surface area contributed by atoms with Crippen LogP contribution in [0.4, 0.5) is 5.69 Å². The van der Waals surface area contributed by atoms with Crippen LogP contribution in [-0.4, -0.2) is 14.9 Å². The number of nitro benzene ring substituents is 1. The van der Waals surface area contributed by atoms with Crippen LogP contribution >= 0.6 is 11.6 Å². The lowest BCUT2D eigenvalue weighted by molar-refractivity contribution is -0.384. The van der Waals surface area contributed by atoms with Crippen LogP contribution in [-0.2, 0) is 0 Å². The molecule has 1 heterocycles. The maximum absolute atomic E-state index is 10.6. The van der Waals surface area contributed by atoms with Crippen molar-refractivity contribution in [3.05, 3.63) is 52.1 Å². The van der Waals surface area contributed by atoms with E-state index >= 15 is 0 Å². The maximum Gasteiger partial charge on any atom is 0.270 e. The van der Waals surface area contributed by atoms with Crippen LogP contribution in [0.15, 0.2) is 36.8 Å². The highest BCUT2D eigenvalue weighted by molar-refractivity contribution is 6.32. The summed E-state index contributed by atoms with van der Waals surface area (Å²) in [6.45, 7) is 0. The number of nitrogens with zero attached hydrogens (tertiary/aromatic N) is 3. The molecule has 6 heteroatoms. The standard InChI is InChI=1S/C10H6ClN3O2/c11-10-9(5-12-6-13-10)7-2-1-3-8(4-7)14(15)16/h1-6H. The lowest BCUT2D eigenvalue weighted by atomic mass is 10.1. The first-order valence-electron chi connectivity index (χ1n) is 4.39. The summed E-state index contributed by atoms with van der Waals surface area (Å²) in [5.41, 5.74) is 1.21. The molecule has 2 aromatic rings. The molecule has 0 spiro atoms. The van der Waals surface area contributed by atoms with Crippen LogP contribution in [0.3, 0.4) is 0 Å². The van der Waals surface area contributed by atoms with E-state index in [1.807, 2.05) is 0 Å². The molecular weight excluding hydrogens is 230 g/mol. The molecule has 0 N–H and O–H groups in total. The van der Waals surface area contributed by atoms with Crippen molar-refractivity contribution >= 4 is 17.3 Å². The molecule has 0 bridgehead atoms. The first kappa shape index (κ1) is 10.5.